The molecular weight excluding hydrogens is 250 g/mol. The summed E-state index contributed by atoms with van der Waals surface area (Å²) in [5.41, 5.74) is 0. The number of hydrogen-bond donors (Lipinski definition) is 1. The number of likely N-dealkylation sites (N-methyl/N-ethyl adjacent to an activating group) is 1. The number of rotatable bonds is 6. The largest absolute Gasteiger partial charge is 0.304 e. The van der Waals surface area contributed by atoms with Gasteiger partial charge in [-0.15, -0.1) is 0 Å². The summed E-state index contributed by atoms with van der Waals surface area (Å²) < 4.78 is 25.8. The number of nitrogens with one attached hydrogen (secondary N) is 1. The third-order valence-corrected chi connectivity index (χ3v) is 5.04. The van der Waals surface area contributed by atoms with Crippen LogP contribution in [0.3, 0.4) is 0 Å². The summed E-state index contributed by atoms with van der Waals surface area (Å²) >= 11 is 0. The van der Waals surface area contributed by atoms with Crippen LogP contribution in [-0.2, 0) is 10.0 Å². The number of sulfonamides is 1. The Hall–Kier alpha value is -0.170. The van der Waals surface area contributed by atoms with Gasteiger partial charge in [-0.25, -0.2) is 13.1 Å². The Bertz CT molecular complexity index is 335. The minimum atomic E-state index is -3.08. The quantitative estimate of drug-likeness (QED) is 0.753. The SMILES string of the molecule is CCS(=O)(=O)NCC(C(C)C)N1CCN(C)CC1. The van der Waals surface area contributed by atoms with Crippen LogP contribution in [0, 0.1) is 5.92 Å². The van der Waals surface area contributed by atoms with Crippen LogP contribution < -0.4 is 4.72 Å². The van der Waals surface area contributed by atoms with E-state index < -0.39 is 10.0 Å². The summed E-state index contributed by atoms with van der Waals surface area (Å²) in [5.74, 6) is 0.605. The van der Waals surface area contributed by atoms with Crippen molar-refractivity contribution in [3.05, 3.63) is 0 Å². The van der Waals surface area contributed by atoms with Crippen LogP contribution in [-0.4, -0.2) is 69.8 Å². The van der Waals surface area contributed by atoms with Gasteiger partial charge in [0.15, 0.2) is 0 Å². The van der Waals surface area contributed by atoms with Gasteiger partial charge in [0.05, 0.1) is 5.75 Å². The van der Waals surface area contributed by atoms with Gasteiger partial charge in [-0.05, 0) is 19.9 Å². The molecule has 1 aliphatic rings. The number of nitrogens with zero attached hydrogens (tertiary/aromatic N) is 2. The molecule has 0 aromatic heterocycles. The average Bonchev–Trinajstić information content (AvgIpc) is 2.31. The summed E-state index contributed by atoms with van der Waals surface area (Å²) in [4.78, 5) is 4.72. The monoisotopic (exact) mass is 277 g/mol. The predicted octanol–water partition coefficient (Wildman–Crippen LogP) is 0.198. The number of hydrogen-bond acceptors (Lipinski definition) is 4. The van der Waals surface area contributed by atoms with E-state index in [4.69, 9.17) is 0 Å². The van der Waals surface area contributed by atoms with Crippen LogP contribution in [0.4, 0.5) is 0 Å². The molecule has 6 heteroatoms. The van der Waals surface area contributed by atoms with Gasteiger partial charge in [0.25, 0.3) is 0 Å². The molecule has 1 fully saturated rings. The molecule has 1 saturated heterocycles. The van der Waals surface area contributed by atoms with Gasteiger partial charge < -0.3 is 4.90 Å². The Morgan fingerprint density at radius 1 is 1.17 bits per heavy atom. The van der Waals surface area contributed by atoms with Gasteiger partial charge in [0, 0.05) is 38.8 Å². The Morgan fingerprint density at radius 3 is 2.17 bits per heavy atom. The Kier molecular flexibility index (Phi) is 6.04. The van der Waals surface area contributed by atoms with Crippen molar-refractivity contribution in [3.63, 3.8) is 0 Å². The van der Waals surface area contributed by atoms with E-state index in [1.807, 2.05) is 0 Å². The van der Waals surface area contributed by atoms with Crippen molar-refractivity contribution in [3.8, 4) is 0 Å². The normalized spacial score (nSPS) is 21.4. The Morgan fingerprint density at radius 2 is 1.72 bits per heavy atom. The third-order valence-electron chi connectivity index (χ3n) is 3.67. The van der Waals surface area contributed by atoms with Gasteiger partial charge in [-0.3, -0.25) is 4.90 Å². The molecular formula is C12H27N3O2S. The van der Waals surface area contributed by atoms with Gasteiger partial charge in [0.1, 0.15) is 0 Å². The minimum absolute atomic E-state index is 0.153. The second kappa shape index (κ2) is 6.84. The molecule has 1 rings (SSSR count). The van der Waals surface area contributed by atoms with Crippen LogP contribution in [0.15, 0.2) is 0 Å². The molecule has 0 spiro atoms. The number of piperazine rings is 1. The summed E-state index contributed by atoms with van der Waals surface area (Å²) in [6.45, 7) is 10.7. The summed E-state index contributed by atoms with van der Waals surface area (Å²) in [6.07, 6.45) is 0. The van der Waals surface area contributed by atoms with Crippen LogP contribution in [0.1, 0.15) is 20.8 Å². The van der Waals surface area contributed by atoms with Crippen molar-refractivity contribution in [2.45, 2.75) is 26.8 Å². The van der Waals surface area contributed by atoms with Crippen molar-refractivity contribution in [2.75, 3.05) is 45.5 Å². The fourth-order valence-corrected chi connectivity index (χ4v) is 2.88. The van der Waals surface area contributed by atoms with Crippen molar-refractivity contribution >= 4 is 10.0 Å². The van der Waals surface area contributed by atoms with Crippen LogP contribution in [0.5, 0.6) is 0 Å². The molecule has 0 aromatic carbocycles. The van der Waals surface area contributed by atoms with Gasteiger partial charge in [0.2, 0.25) is 10.0 Å². The maximum Gasteiger partial charge on any atom is 0.211 e. The second-order valence-electron chi connectivity index (χ2n) is 5.40. The van der Waals surface area contributed by atoms with Crippen molar-refractivity contribution in [2.24, 2.45) is 5.92 Å². The minimum Gasteiger partial charge on any atom is -0.304 e. The smallest absolute Gasteiger partial charge is 0.211 e. The highest BCUT2D eigenvalue weighted by Crippen LogP contribution is 2.13. The standard InChI is InChI=1S/C12H27N3O2S/c1-5-18(16,17)13-10-12(11(2)3)15-8-6-14(4)7-9-15/h11-13H,5-10H2,1-4H3. The van der Waals surface area contributed by atoms with E-state index in [1.54, 1.807) is 6.92 Å². The van der Waals surface area contributed by atoms with E-state index >= 15 is 0 Å². The van der Waals surface area contributed by atoms with E-state index in [9.17, 15) is 8.42 Å². The lowest BCUT2D eigenvalue weighted by Gasteiger charge is -2.39. The highest BCUT2D eigenvalue weighted by atomic mass is 32.2. The second-order valence-corrected chi connectivity index (χ2v) is 7.50. The molecule has 1 unspecified atom stereocenters. The molecule has 5 nitrogen and oxygen atoms in total. The zero-order valence-electron chi connectivity index (χ0n) is 12.0. The first-order valence-electron chi connectivity index (χ1n) is 6.75. The van der Waals surface area contributed by atoms with E-state index in [2.05, 4.69) is 35.4 Å². The zero-order chi connectivity index (χ0) is 13.8. The highest BCUT2D eigenvalue weighted by Gasteiger charge is 2.25. The van der Waals surface area contributed by atoms with Gasteiger partial charge >= 0.3 is 0 Å². The predicted molar refractivity (Wildman–Crippen MR) is 75.2 cm³/mol. The van der Waals surface area contributed by atoms with E-state index in [0.29, 0.717) is 18.5 Å². The lowest BCUT2D eigenvalue weighted by atomic mass is 10.0. The molecule has 1 heterocycles. The third kappa shape index (κ3) is 4.84. The molecule has 0 radical (unpaired) electrons. The molecule has 0 aliphatic carbocycles. The fourth-order valence-electron chi connectivity index (χ4n) is 2.25. The van der Waals surface area contributed by atoms with Crippen LogP contribution >= 0.6 is 0 Å². The average molecular weight is 277 g/mol. The topological polar surface area (TPSA) is 52.7 Å². The van der Waals surface area contributed by atoms with Gasteiger partial charge in [-0.2, -0.15) is 0 Å². The van der Waals surface area contributed by atoms with E-state index in [0.717, 1.165) is 26.2 Å². The van der Waals surface area contributed by atoms with E-state index in [-0.39, 0.29) is 5.75 Å². The molecule has 0 amide bonds. The first-order valence-corrected chi connectivity index (χ1v) is 8.41. The van der Waals surface area contributed by atoms with Gasteiger partial charge in [-0.1, -0.05) is 13.8 Å². The first kappa shape index (κ1) is 15.9. The maximum atomic E-state index is 11.5. The summed E-state index contributed by atoms with van der Waals surface area (Å²) in [5, 5.41) is 0. The van der Waals surface area contributed by atoms with E-state index in [1.165, 1.54) is 0 Å². The molecule has 1 N–H and O–H groups in total. The van der Waals surface area contributed by atoms with Crippen molar-refractivity contribution < 1.29 is 8.42 Å². The Balaban J connectivity index is 2.55. The molecule has 1 aliphatic heterocycles. The lowest BCUT2D eigenvalue weighted by Crippen LogP contribution is -2.54. The molecule has 108 valence electrons. The van der Waals surface area contributed by atoms with Crippen molar-refractivity contribution in [1.82, 2.24) is 14.5 Å². The molecule has 0 saturated carbocycles. The zero-order valence-corrected chi connectivity index (χ0v) is 12.8. The highest BCUT2D eigenvalue weighted by molar-refractivity contribution is 7.89. The Labute approximate surface area is 112 Å². The lowest BCUT2D eigenvalue weighted by molar-refractivity contribution is 0.0905. The molecule has 0 aromatic rings. The van der Waals surface area contributed by atoms with Crippen molar-refractivity contribution in [1.29, 1.82) is 0 Å². The molecule has 18 heavy (non-hydrogen) atoms. The fraction of sp³-hybridized carbons (Fsp3) is 1.00. The maximum absolute atomic E-state index is 11.5. The molecule has 0 bridgehead atoms. The summed E-state index contributed by atoms with van der Waals surface area (Å²) in [6, 6.07) is 0.292. The van der Waals surface area contributed by atoms with Crippen LogP contribution in [0.2, 0.25) is 0 Å². The van der Waals surface area contributed by atoms with Crippen LogP contribution in [0.25, 0.3) is 0 Å². The first-order chi connectivity index (χ1) is 8.35. The molecule has 1 atom stereocenters. The summed E-state index contributed by atoms with van der Waals surface area (Å²) in [7, 11) is -0.958.